The predicted molar refractivity (Wildman–Crippen MR) is 322 cm³/mol. The molecule has 0 unspecified atom stereocenters. The summed E-state index contributed by atoms with van der Waals surface area (Å²) < 4.78 is 101. The lowest BCUT2D eigenvalue weighted by molar-refractivity contribution is -0.138. The molecule has 0 N–H and O–H groups in total. The third-order valence-electron chi connectivity index (χ3n) is 16.4. The fourth-order valence-corrected chi connectivity index (χ4v) is 15.2. The van der Waals surface area contributed by atoms with Crippen LogP contribution in [0.25, 0.3) is 151 Å². The quantitative estimate of drug-likeness (QED) is 0.165. The molecule has 0 spiro atoms. The largest absolute Gasteiger partial charge is 0.416 e. The molecule has 14 heteroatoms. The third kappa shape index (κ3) is 6.42. The first-order chi connectivity index (χ1) is 39.9. The molecule has 0 aliphatic heterocycles. The maximum atomic E-state index is 14.9. The average Bonchev–Trinajstić information content (AvgIpc) is 2.71. The smallest absolute Gasteiger partial charge is 0.305 e. The Kier molecular flexibility index (Phi) is 9.49. The molecule has 0 saturated heterocycles. The van der Waals surface area contributed by atoms with Gasteiger partial charge in [-0.3, -0.25) is 9.13 Å². The lowest BCUT2D eigenvalue weighted by Gasteiger charge is -2.24. The van der Waals surface area contributed by atoms with Crippen LogP contribution in [0, 0.1) is 11.3 Å². The Morgan fingerprint density at radius 2 is 0.646 bits per heavy atom. The topological polar surface area (TPSA) is 56.4 Å². The first-order valence-corrected chi connectivity index (χ1v) is 27.9. The van der Waals surface area contributed by atoms with Gasteiger partial charge in [-0.05, 0) is 97.1 Å². The zero-order valence-electron chi connectivity index (χ0n) is 42.4. The number of hydrogen-bond acceptors (Lipinski definition) is 4. The number of rotatable bonds is 4. The number of nitrogens with zero attached hydrogens (tertiary/aromatic N) is 6. The number of halogens is 6. The van der Waals surface area contributed by atoms with Crippen molar-refractivity contribution in [2.45, 2.75) is 12.4 Å². The van der Waals surface area contributed by atoms with Crippen molar-refractivity contribution in [1.29, 1.82) is 5.26 Å². The van der Waals surface area contributed by atoms with Crippen molar-refractivity contribution in [2.24, 2.45) is 0 Å². The highest BCUT2D eigenvalue weighted by molar-refractivity contribution is 7.26. The molecule has 6 nitrogen and oxygen atoms in total. The van der Waals surface area contributed by atoms with Gasteiger partial charge in [0.15, 0.2) is 11.6 Å². The number of pyridine rings is 1. The Hall–Kier alpha value is -9.94. The van der Waals surface area contributed by atoms with Crippen LogP contribution in [0.15, 0.2) is 206 Å². The maximum absolute atomic E-state index is 14.9. The molecule has 0 aliphatic carbocycles. The highest BCUT2D eigenvalue weighted by Crippen LogP contribution is 2.49. The van der Waals surface area contributed by atoms with Gasteiger partial charge < -0.3 is 9.13 Å². The number of benzene rings is 10. The second-order valence-electron chi connectivity index (χ2n) is 20.7. The van der Waals surface area contributed by atoms with Crippen LogP contribution >= 0.6 is 22.7 Å². The minimum atomic E-state index is -4.67. The van der Waals surface area contributed by atoms with Gasteiger partial charge in [0.1, 0.15) is 23.0 Å². The van der Waals surface area contributed by atoms with E-state index in [-0.39, 0.29) is 17.2 Å². The van der Waals surface area contributed by atoms with E-state index < -0.39 is 23.5 Å². The second kappa shape index (κ2) is 16.6. The molecular weight excluding hydrogens is 1080 g/mol. The van der Waals surface area contributed by atoms with Crippen molar-refractivity contribution < 1.29 is 26.3 Å². The summed E-state index contributed by atoms with van der Waals surface area (Å²) in [5, 5.41) is 22.0. The van der Waals surface area contributed by atoms with Gasteiger partial charge in [0, 0.05) is 83.4 Å². The predicted octanol–water partition coefficient (Wildman–Crippen LogP) is 20.1. The number of fused-ring (bicyclic) bond motifs is 18. The second-order valence-corrected chi connectivity index (χ2v) is 22.9. The van der Waals surface area contributed by atoms with Gasteiger partial charge in [0.05, 0.1) is 55.3 Å². The molecule has 82 heavy (non-hydrogen) atoms. The number of thiophene rings is 2. The van der Waals surface area contributed by atoms with Crippen molar-refractivity contribution in [1.82, 2.24) is 23.3 Å². The molecule has 0 fully saturated rings. The fourth-order valence-electron chi connectivity index (χ4n) is 13.0. The van der Waals surface area contributed by atoms with Crippen molar-refractivity contribution in [2.75, 3.05) is 0 Å². The van der Waals surface area contributed by atoms with E-state index in [1.54, 1.807) is 46.9 Å². The molecule has 10 aromatic carbocycles. The van der Waals surface area contributed by atoms with Crippen LogP contribution in [0.2, 0.25) is 0 Å². The molecule has 0 atom stereocenters. The highest BCUT2D eigenvalue weighted by Gasteiger charge is 2.36. The van der Waals surface area contributed by atoms with Crippen LogP contribution in [-0.4, -0.2) is 23.3 Å². The van der Waals surface area contributed by atoms with E-state index in [1.807, 2.05) is 94.1 Å². The summed E-state index contributed by atoms with van der Waals surface area (Å²) in [6, 6.07) is 65.7. The van der Waals surface area contributed by atoms with E-state index in [2.05, 4.69) is 75.9 Å². The summed E-state index contributed by atoms with van der Waals surface area (Å²) in [6.45, 7) is 0. The minimum Gasteiger partial charge on any atom is -0.305 e. The molecular formula is C68H34F6N6S2. The number of para-hydroxylation sites is 4. The van der Waals surface area contributed by atoms with Gasteiger partial charge >= 0.3 is 12.4 Å². The summed E-state index contributed by atoms with van der Waals surface area (Å²) in [5.41, 5.74) is 3.93. The van der Waals surface area contributed by atoms with E-state index in [1.165, 1.54) is 12.1 Å². The lowest BCUT2D eigenvalue weighted by atomic mass is 10.1. The summed E-state index contributed by atoms with van der Waals surface area (Å²) in [7, 11) is 0. The van der Waals surface area contributed by atoms with Gasteiger partial charge in [0.2, 0.25) is 0 Å². The Morgan fingerprint density at radius 1 is 0.317 bits per heavy atom. The number of hydrogen-bond donors (Lipinski definition) is 0. The van der Waals surface area contributed by atoms with Gasteiger partial charge in [-0.25, -0.2) is 4.98 Å². The van der Waals surface area contributed by atoms with Gasteiger partial charge in [-0.2, -0.15) is 31.6 Å². The highest BCUT2D eigenvalue weighted by atomic mass is 32.1. The Bertz CT molecular complexity index is 5380. The van der Waals surface area contributed by atoms with Crippen LogP contribution in [0.4, 0.5) is 26.3 Å². The summed E-state index contributed by atoms with van der Waals surface area (Å²) >= 11 is 3.38. The Balaban J connectivity index is 1.14. The number of aromatic nitrogens is 5. The molecule has 0 bridgehead atoms. The standard InChI is InChI=1S/C68H34F6N6S2/c69-67(70,71)36-25-27-55-44(29-36)38-13-3-9-21-53(38)79(55)65-63(77-51-19-7-1-15-40(51)46-33-61-48(31-57(46)77)42-17-5-11-23-59(42)81-61)50(35-75)64(66(76-65)80-54-22-10-4-14-39(54)45-30-37(68(72,73)74)26-28-56(45)80)78-52-20-8-2-16-41(52)47-34-62-49(32-58(47)78)43-18-6-12-24-60(43)82-62/h1-34H. The number of nitriles is 1. The average molecular weight is 1110 g/mol. The van der Waals surface area contributed by atoms with Gasteiger partial charge in [-0.15, -0.1) is 22.7 Å². The summed E-state index contributed by atoms with van der Waals surface area (Å²) in [6.07, 6.45) is -9.34. The van der Waals surface area contributed by atoms with Crippen molar-refractivity contribution in [3.8, 4) is 29.1 Å². The molecule has 17 rings (SSSR count). The monoisotopic (exact) mass is 1110 g/mol. The summed E-state index contributed by atoms with van der Waals surface area (Å²) in [5.74, 6) is 0.396. The first kappa shape index (κ1) is 46.9. The Labute approximate surface area is 466 Å². The molecule has 7 heterocycles. The summed E-state index contributed by atoms with van der Waals surface area (Å²) in [4.78, 5) is 5.95. The van der Waals surface area contributed by atoms with E-state index in [0.29, 0.717) is 55.0 Å². The van der Waals surface area contributed by atoms with Crippen molar-refractivity contribution in [3.63, 3.8) is 0 Å². The lowest BCUT2D eigenvalue weighted by Crippen LogP contribution is -2.16. The van der Waals surface area contributed by atoms with Crippen molar-refractivity contribution >= 4 is 150 Å². The SMILES string of the molecule is N#Cc1c(-n2c3ccccc3c3cc4sc5ccccc5c4cc32)c(-n2c3ccccc3c3cc(C(F)(F)F)ccc32)nc(-n2c3ccccc3c3cc(C(F)(F)F)ccc32)c1-n1c2ccccc2c2cc3sc4ccccc4c3cc21. The molecule has 17 aromatic rings. The number of alkyl halides is 6. The van der Waals surface area contributed by atoms with E-state index in [4.69, 9.17) is 4.98 Å². The van der Waals surface area contributed by atoms with Gasteiger partial charge in [-0.1, -0.05) is 109 Å². The first-order valence-electron chi connectivity index (χ1n) is 26.3. The van der Waals surface area contributed by atoms with Crippen molar-refractivity contribution in [3.05, 3.63) is 223 Å². The van der Waals surface area contributed by atoms with E-state index >= 15 is 0 Å². The molecule has 0 radical (unpaired) electrons. The molecule has 390 valence electrons. The van der Waals surface area contributed by atoms with Crippen LogP contribution in [0.1, 0.15) is 16.7 Å². The van der Waals surface area contributed by atoms with Crippen LogP contribution in [0.5, 0.6) is 0 Å². The zero-order valence-corrected chi connectivity index (χ0v) is 44.0. The molecule has 0 saturated carbocycles. The maximum Gasteiger partial charge on any atom is 0.416 e. The Morgan fingerprint density at radius 3 is 1.02 bits per heavy atom. The normalized spacial score (nSPS) is 12.7. The van der Waals surface area contributed by atoms with Crippen LogP contribution < -0.4 is 0 Å². The minimum absolute atomic E-state index is 0.145. The molecule has 0 aliphatic rings. The fraction of sp³-hybridized carbons (Fsp3) is 0.0294. The molecule has 7 aromatic heterocycles. The third-order valence-corrected chi connectivity index (χ3v) is 18.7. The zero-order chi connectivity index (χ0) is 55.1. The van der Waals surface area contributed by atoms with E-state index in [0.717, 1.165) is 108 Å². The van der Waals surface area contributed by atoms with E-state index in [9.17, 15) is 31.6 Å². The van der Waals surface area contributed by atoms with Crippen LogP contribution in [0.3, 0.4) is 0 Å². The molecule has 0 amide bonds. The van der Waals surface area contributed by atoms with Crippen LogP contribution in [-0.2, 0) is 12.4 Å². The van der Waals surface area contributed by atoms with Gasteiger partial charge in [0.25, 0.3) is 0 Å².